The molecule has 0 amide bonds. The molecule has 15 heavy (non-hydrogen) atoms. The van der Waals surface area contributed by atoms with Gasteiger partial charge >= 0.3 is 0 Å². The fourth-order valence-corrected chi connectivity index (χ4v) is 1.19. The maximum Gasteiger partial charge on any atom is 0.0995 e. The molecule has 0 saturated carbocycles. The topological polar surface area (TPSA) is 56.0 Å². The third-order valence-corrected chi connectivity index (χ3v) is 2.05. The summed E-state index contributed by atoms with van der Waals surface area (Å²) in [5, 5.41) is 20.5. The predicted octanol–water partition coefficient (Wildman–Crippen LogP) is 1.83. The highest BCUT2D eigenvalue weighted by Gasteiger charge is 1.97. The minimum Gasteiger partial charge on any atom is -0.392 e. The van der Waals surface area contributed by atoms with Crippen LogP contribution < -0.4 is 5.32 Å². The van der Waals surface area contributed by atoms with Gasteiger partial charge in [-0.2, -0.15) is 5.26 Å². The van der Waals surface area contributed by atoms with Crippen molar-refractivity contribution in [3.63, 3.8) is 0 Å². The average Bonchev–Trinajstić information content (AvgIpc) is 2.26. The third kappa shape index (κ3) is 3.45. The molecule has 0 aliphatic rings. The fourth-order valence-electron chi connectivity index (χ4n) is 1.19. The van der Waals surface area contributed by atoms with E-state index < -0.39 is 0 Å². The smallest absolute Gasteiger partial charge is 0.0995 e. The zero-order valence-corrected chi connectivity index (χ0v) is 8.70. The lowest BCUT2D eigenvalue weighted by atomic mass is 10.1. The molecule has 0 bridgehead atoms. The number of hydrogen-bond acceptors (Lipinski definition) is 3. The molecule has 0 saturated heterocycles. The van der Waals surface area contributed by atoms with Gasteiger partial charge in [0, 0.05) is 12.2 Å². The normalized spacial score (nSPS) is 10.2. The molecular weight excluding hydrogens is 188 g/mol. The fraction of sp³-hybridized carbons (Fsp3) is 0.250. The van der Waals surface area contributed by atoms with Crippen molar-refractivity contribution >= 4 is 5.69 Å². The third-order valence-electron chi connectivity index (χ3n) is 2.05. The van der Waals surface area contributed by atoms with Crippen molar-refractivity contribution in [2.75, 3.05) is 18.5 Å². The molecule has 0 heterocycles. The van der Waals surface area contributed by atoms with Gasteiger partial charge in [0.1, 0.15) is 0 Å². The van der Waals surface area contributed by atoms with Crippen LogP contribution >= 0.6 is 0 Å². The van der Waals surface area contributed by atoms with Crippen molar-refractivity contribution < 1.29 is 5.11 Å². The first-order chi connectivity index (χ1) is 7.27. The zero-order chi connectivity index (χ0) is 11.1. The molecule has 0 aliphatic heterocycles. The van der Waals surface area contributed by atoms with Crippen LogP contribution in [0, 0.1) is 18.3 Å². The van der Waals surface area contributed by atoms with E-state index in [2.05, 4.69) is 11.4 Å². The number of anilines is 1. The Morgan fingerprint density at radius 3 is 2.93 bits per heavy atom. The largest absolute Gasteiger partial charge is 0.392 e. The summed E-state index contributed by atoms with van der Waals surface area (Å²) in [4.78, 5) is 0. The maximum atomic E-state index is 8.83. The molecule has 0 unspecified atom stereocenters. The van der Waals surface area contributed by atoms with E-state index in [1.807, 2.05) is 31.2 Å². The molecule has 0 spiro atoms. The van der Waals surface area contributed by atoms with Gasteiger partial charge in [-0.05, 0) is 24.6 Å². The quantitative estimate of drug-likeness (QED) is 0.732. The first-order valence-electron chi connectivity index (χ1n) is 4.78. The lowest BCUT2D eigenvalue weighted by Gasteiger charge is -2.04. The Balaban J connectivity index is 2.63. The molecule has 2 N–H and O–H groups in total. The Labute approximate surface area is 89.7 Å². The number of benzene rings is 1. The number of hydrogen-bond donors (Lipinski definition) is 2. The Bertz CT molecular complexity index is 391. The van der Waals surface area contributed by atoms with E-state index in [1.165, 1.54) is 0 Å². The summed E-state index contributed by atoms with van der Waals surface area (Å²) >= 11 is 0. The van der Waals surface area contributed by atoms with Crippen molar-refractivity contribution in [1.29, 1.82) is 5.26 Å². The van der Waals surface area contributed by atoms with Crippen LogP contribution in [0.3, 0.4) is 0 Å². The van der Waals surface area contributed by atoms with Gasteiger partial charge in [-0.15, -0.1) is 0 Å². The predicted molar refractivity (Wildman–Crippen MR) is 60.6 cm³/mol. The van der Waals surface area contributed by atoms with E-state index in [0.717, 1.165) is 11.3 Å². The highest BCUT2D eigenvalue weighted by atomic mass is 16.2. The summed E-state index contributed by atoms with van der Waals surface area (Å²) in [6.45, 7) is 2.61. The van der Waals surface area contributed by atoms with Gasteiger partial charge in [-0.25, -0.2) is 0 Å². The molecule has 3 heteroatoms. The number of aliphatic hydroxyl groups excluding tert-OH is 1. The van der Waals surface area contributed by atoms with Crippen LogP contribution in [0.2, 0.25) is 0 Å². The number of nitrogens with zero attached hydrogens (tertiary/aromatic N) is 1. The number of aryl methyl sites for hydroxylation is 1. The molecule has 0 radical (unpaired) electrons. The lowest BCUT2D eigenvalue weighted by Crippen LogP contribution is -1.99. The van der Waals surface area contributed by atoms with Crippen molar-refractivity contribution in [3.05, 3.63) is 41.5 Å². The van der Waals surface area contributed by atoms with E-state index in [9.17, 15) is 0 Å². The van der Waals surface area contributed by atoms with Crippen LogP contribution in [0.1, 0.15) is 11.1 Å². The molecule has 0 aliphatic carbocycles. The Kier molecular flexibility index (Phi) is 4.39. The zero-order valence-electron chi connectivity index (χ0n) is 8.70. The van der Waals surface area contributed by atoms with Gasteiger partial charge in [-0.1, -0.05) is 18.2 Å². The first kappa shape index (κ1) is 11.3. The maximum absolute atomic E-state index is 8.83. The highest BCUT2D eigenvalue weighted by Crippen LogP contribution is 2.13. The van der Waals surface area contributed by atoms with Gasteiger partial charge in [0.25, 0.3) is 0 Å². The lowest BCUT2D eigenvalue weighted by molar-refractivity contribution is 0.342. The van der Waals surface area contributed by atoms with Gasteiger partial charge in [0.15, 0.2) is 0 Å². The summed E-state index contributed by atoms with van der Waals surface area (Å²) in [6.07, 6.45) is 3.51. The minimum absolute atomic E-state index is 0.0546. The molecule has 0 fully saturated rings. The standard InChI is InChI=1S/C12H14N2O/c1-10-4-5-12(8-11(10)9-13)14-6-2-3-7-15/h2-5,8,14-15H,6-7H2,1H3. The second-order valence-corrected chi connectivity index (χ2v) is 3.18. The van der Waals surface area contributed by atoms with Crippen molar-refractivity contribution in [3.8, 4) is 6.07 Å². The number of rotatable bonds is 4. The summed E-state index contributed by atoms with van der Waals surface area (Å²) in [6, 6.07) is 7.81. The highest BCUT2D eigenvalue weighted by molar-refractivity contribution is 5.52. The molecular formula is C12H14N2O. The van der Waals surface area contributed by atoms with Crippen molar-refractivity contribution in [1.82, 2.24) is 0 Å². The van der Waals surface area contributed by atoms with Crippen LogP contribution in [0.15, 0.2) is 30.4 Å². The summed E-state index contributed by atoms with van der Waals surface area (Å²) in [5.74, 6) is 0. The van der Waals surface area contributed by atoms with Crippen LogP contribution in [0.4, 0.5) is 5.69 Å². The molecule has 0 aromatic heterocycles. The molecule has 1 aromatic rings. The summed E-state index contributed by atoms with van der Waals surface area (Å²) < 4.78 is 0. The average molecular weight is 202 g/mol. The van der Waals surface area contributed by atoms with Crippen molar-refractivity contribution in [2.24, 2.45) is 0 Å². The van der Waals surface area contributed by atoms with Gasteiger partial charge in [0.05, 0.1) is 18.2 Å². The molecule has 78 valence electrons. The Morgan fingerprint density at radius 1 is 1.47 bits per heavy atom. The van der Waals surface area contributed by atoms with E-state index in [4.69, 9.17) is 10.4 Å². The molecule has 0 atom stereocenters. The van der Waals surface area contributed by atoms with Crippen LogP contribution in [-0.4, -0.2) is 18.3 Å². The minimum atomic E-state index is 0.0546. The van der Waals surface area contributed by atoms with Crippen molar-refractivity contribution in [2.45, 2.75) is 6.92 Å². The number of nitrogens with one attached hydrogen (secondary N) is 1. The summed E-state index contributed by atoms with van der Waals surface area (Å²) in [5.41, 5.74) is 2.58. The van der Waals surface area contributed by atoms with Crippen LogP contribution in [-0.2, 0) is 0 Å². The number of nitriles is 1. The SMILES string of the molecule is Cc1ccc(NCC=CCO)cc1C#N. The molecule has 3 nitrogen and oxygen atoms in total. The van der Waals surface area contributed by atoms with E-state index in [0.29, 0.717) is 12.1 Å². The number of aliphatic hydroxyl groups is 1. The Hall–Kier alpha value is -1.79. The molecule has 1 aromatic carbocycles. The van der Waals surface area contributed by atoms with Crippen LogP contribution in [0.5, 0.6) is 0 Å². The van der Waals surface area contributed by atoms with Crippen LogP contribution in [0.25, 0.3) is 0 Å². The van der Waals surface area contributed by atoms with Gasteiger partial charge in [-0.3, -0.25) is 0 Å². The van der Waals surface area contributed by atoms with Gasteiger partial charge in [0.2, 0.25) is 0 Å². The second kappa shape index (κ2) is 5.84. The van der Waals surface area contributed by atoms with Gasteiger partial charge < -0.3 is 10.4 Å². The summed E-state index contributed by atoms with van der Waals surface area (Å²) in [7, 11) is 0. The second-order valence-electron chi connectivity index (χ2n) is 3.18. The van der Waals surface area contributed by atoms with E-state index in [-0.39, 0.29) is 6.61 Å². The van der Waals surface area contributed by atoms with E-state index >= 15 is 0 Å². The monoisotopic (exact) mass is 202 g/mol. The van der Waals surface area contributed by atoms with E-state index in [1.54, 1.807) is 6.08 Å². The first-order valence-corrected chi connectivity index (χ1v) is 4.78. The molecule has 1 rings (SSSR count). The Morgan fingerprint density at radius 2 is 2.27 bits per heavy atom.